The van der Waals surface area contributed by atoms with Crippen LogP contribution in [-0.2, 0) is 6.54 Å². The number of alkyl halides is 3. The zero-order valence-corrected chi connectivity index (χ0v) is 17.3. The Balaban J connectivity index is 0.00000280. The zero-order chi connectivity index (χ0) is 19.4. The molecule has 0 aromatic heterocycles. The van der Waals surface area contributed by atoms with Crippen molar-refractivity contribution in [1.82, 2.24) is 10.6 Å². The van der Waals surface area contributed by atoms with Gasteiger partial charge in [-0.25, -0.2) is 4.39 Å². The third kappa shape index (κ3) is 6.25. The number of benzene rings is 2. The van der Waals surface area contributed by atoms with Crippen molar-refractivity contribution < 1.29 is 22.3 Å². The van der Waals surface area contributed by atoms with Gasteiger partial charge in [0.25, 0.3) is 0 Å². The second-order valence-electron chi connectivity index (χ2n) is 6.23. The number of para-hydroxylation sites is 1. The Morgan fingerprint density at radius 1 is 1.14 bits per heavy atom. The first kappa shape index (κ1) is 22.3. The van der Waals surface area contributed by atoms with Crippen LogP contribution in [0.1, 0.15) is 23.5 Å². The first-order valence-corrected chi connectivity index (χ1v) is 8.42. The minimum Gasteiger partial charge on any atom is -0.405 e. The van der Waals surface area contributed by atoms with Crippen LogP contribution in [0.25, 0.3) is 0 Å². The van der Waals surface area contributed by atoms with E-state index in [0.717, 1.165) is 5.56 Å². The summed E-state index contributed by atoms with van der Waals surface area (Å²) in [7, 11) is 1.61. The van der Waals surface area contributed by atoms with Gasteiger partial charge in [-0.3, -0.25) is 4.99 Å². The van der Waals surface area contributed by atoms with E-state index in [1.807, 2.05) is 0 Å². The van der Waals surface area contributed by atoms with E-state index in [9.17, 15) is 17.6 Å². The van der Waals surface area contributed by atoms with Gasteiger partial charge >= 0.3 is 6.36 Å². The maximum atomic E-state index is 12.9. The lowest BCUT2D eigenvalue weighted by atomic mass is 10.1. The summed E-state index contributed by atoms with van der Waals surface area (Å²) in [5.41, 5.74) is 1.40. The number of ether oxygens (including phenoxy) is 1. The predicted octanol–water partition coefficient (Wildman–Crippen LogP) is 4.56. The summed E-state index contributed by atoms with van der Waals surface area (Å²) in [5.74, 6) is -0.0376. The van der Waals surface area contributed by atoms with Crippen LogP contribution < -0.4 is 15.4 Å². The summed E-state index contributed by atoms with van der Waals surface area (Å²) in [6.45, 7) is 0.450. The van der Waals surface area contributed by atoms with E-state index in [0.29, 0.717) is 24.5 Å². The Bertz CT molecular complexity index is 812. The van der Waals surface area contributed by atoms with E-state index in [1.54, 1.807) is 31.3 Å². The minimum absolute atomic E-state index is 0. The molecule has 0 radical (unpaired) electrons. The van der Waals surface area contributed by atoms with Crippen LogP contribution in [0.2, 0.25) is 0 Å². The van der Waals surface area contributed by atoms with Gasteiger partial charge in [-0.05, 0) is 35.7 Å². The number of guanidine groups is 1. The fourth-order valence-electron chi connectivity index (χ4n) is 2.86. The third-order valence-electron chi connectivity index (χ3n) is 4.25. The van der Waals surface area contributed by atoms with Crippen molar-refractivity contribution >= 4 is 29.9 Å². The van der Waals surface area contributed by atoms with Gasteiger partial charge in [-0.2, -0.15) is 0 Å². The van der Waals surface area contributed by atoms with Gasteiger partial charge in [0.05, 0.1) is 0 Å². The molecule has 0 heterocycles. The van der Waals surface area contributed by atoms with Gasteiger partial charge in [0.2, 0.25) is 0 Å². The molecule has 0 bridgehead atoms. The van der Waals surface area contributed by atoms with Gasteiger partial charge in [-0.15, -0.1) is 37.1 Å². The molecule has 2 aromatic carbocycles. The van der Waals surface area contributed by atoms with Crippen LogP contribution in [-0.4, -0.2) is 25.4 Å². The topological polar surface area (TPSA) is 45.7 Å². The van der Waals surface area contributed by atoms with Gasteiger partial charge < -0.3 is 15.4 Å². The molecule has 1 aliphatic rings. The molecule has 2 N–H and O–H groups in total. The Kier molecular flexibility index (Phi) is 7.50. The van der Waals surface area contributed by atoms with E-state index in [2.05, 4.69) is 20.4 Å². The molecule has 0 amide bonds. The fraction of sp³-hybridized carbons (Fsp3) is 0.316. The average molecular weight is 509 g/mol. The van der Waals surface area contributed by atoms with Crippen LogP contribution in [0.15, 0.2) is 53.5 Å². The molecule has 28 heavy (non-hydrogen) atoms. The highest BCUT2D eigenvalue weighted by atomic mass is 127. The van der Waals surface area contributed by atoms with Crippen LogP contribution >= 0.6 is 24.0 Å². The highest BCUT2D eigenvalue weighted by Crippen LogP contribution is 2.45. The first-order chi connectivity index (χ1) is 12.9. The molecular weight excluding hydrogens is 489 g/mol. The van der Waals surface area contributed by atoms with Gasteiger partial charge in [-0.1, -0.05) is 30.3 Å². The molecule has 1 saturated carbocycles. The zero-order valence-electron chi connectivity index (χ0n) is 15.0. The normalized spacial score (nSPS) is 18.8. The number of aliphatic imine (C=N–C) groups is 1. The van der Waals surface area contributed by atoms with E-state index < -0.39 is 6.36 Å². The van der Waals surface area contributed by atoms with E-state index in [-0.39, 0.29) is 47.5 Å². The quantitative estimate of drug-likeness (QED) is 0.269. The molecule has 2 atom stereocenters. The molecule has 2 unspecified atom stereocenters. The molecule has 0 saturated heterocycles. The monoisotopic (exact) mass is 509 g/mol. The molecule has 2 aromatic rings. The highest BCUT2D eigenvalue weighted by molar-refractivity contribution is 14.0. The standard InChI is InChI=1S/C19H19F4N3O.HI/c1-24-18(25-11-12-6-8-13(20)9-7-12)26-16-10-15(16)14-4-2-3-5-17(14)27-19(21,22)23;/h2-9,15-16H,10-11H2,1H3,(H2,24,25,26);1H. The third-order valence-corrected chi connectivity index (χ3v) is 4.25. The molecule has 0 aliphatic heterocycles. The SMILES string of the molecule is CN=C(NCc1ccc(F)cc1)NC1CC1c1ccccc1OC(F)(F)F.I. The van der Waals surface area contributed by atoms with Crippen molar-refractivity contribution in [2.24, 2.45) is 4.99 Å². The molecule has 1 aliphatic carbocycles. The summed E-state index contributed by atoms with van der Waals surface area (Å²) in [6, 6.07) is 12.2. The van der Waals surface area contributed by atoms with Crippen molar-refractivity contribution in [2.75, 3.05) is 7.05 Å². The molecule has 4 nitrogen and oxygen atoms in total. The lowest BCUT2D eigenvalue weighted by Gasteiger charge is -2.14. The second kappa shape index (κ2) is 9.44. The lowest BCUT2D eigenvalue weighted by molar-refractivity contribution is -0.274. The van der Waals surface area contributed by atoms with Gasteiger partial charge in [0.15, 0.2) is 5.96 Å². The van der Waals surface area contributed by atoms with Crippen molar-refractivity contribution in [3.8, 4) is 5.75 Å². The predicted molar refractivity (Wildman–Crippen MR) is 109 cm³/mol. The largest absolute Gasteiger partial charge is 0.573 e. The van der Waals surface area contributed by atoms with E-state index in [4.69, 9.17) is 0 Å². The smallest absolute Gasteiger partial charge is 0.405 e. The Hall–Kier alpha value is -2.04. The van der Waals surface area contributed by atoms with Crippen molar-refractivity contribution in [3.63, 3.8) is 0 Å². The van der Waals surface area contributed by atoms with Crippen molar-refractivity contribution in [2.45, 2.75) is 31.3 Å². The van der Waals surface area contributed by atoms with Crippen LogP contribution in [0.3, 0.4) is 0 Å². The molecule has 3 rings (SSSR count). The summed E-state index contributed by atoms with van der Waals surface area (Å²) < 4.78 is 54.7. The summed E-state index contributed by atoms with van der Waals surface area (Å²) in [4.78, 5) is 4.12. The number of halogens is 5. The maximum Gasteiger partial charge on any atom is 0.573 e. The van der Waals surface area contributed by atoms with E-state index in [1.165, 1.54) is 24.3 Å². The van der Waals surface area contributed by atoms with Crippen LogP contribution in [0.4, 0.5) is 17.6 Å². The summed E-state index contributed by atoms with van der Waals surface area (Å²) in [6.07, 6.45) is -4.05. The van der Waals surface area contributed by atoms with Crippen LogP contribution in [0.5, 0.6) is 5.75 Å². The molecular formula is C19H20F4IN3O. The molecule has 9 heteroatoms. The number of hydrogen-bond acceptors (Lipinski definition) is 2. The molecule has 152 valence electrons. The van der Waals surface area contributed by atoms with Crippen molar-refractivity contribution in [3.05, 3.63) is 65.5 Å². The number of nitrogens with zero attached hydrogens (tertiary/aromatic N) is 1. The van der Waals surface area contributed by atoms with Gasteiger partial charge in [0.1, 0.15) is 11.6 Å². The second-order valence-corrected chi connectivity index (χ2v) is 6.23. The fourth-order valence-corrected chi connectivity index (χ4v) is 2.86. The molecule has 0 spiro atoms. The Labute approximate surface area is 177 Å². The highest BCUT2D eigenvalue weighted by Gasteiger charge is 2.42. The number of hydrogen-bond donors (Lipinski definition) is 2. The van der Waals surface area contributed by atoms with E-state index >= 15 is 0 Å². The Morgan fingerprint density at radius 3 is 2.46 bits per heavy atom. The summed E-state index contributed by atoms with van der Waals surface area (Å²) in [5, 5.41) is 6.30. The lowest BCUT2D eigenvalue weighted by Crippen LogP contribution is -2.38. The summed E-state index contributed by atoms with van der Waals surface area (Å²) >= 11 is 0. The first-order valence-electron chi connectivity index (χ1n) is 8.42. The van der Waals surface area contributed by atoms with Crippen LogP contribution in [0, 0.1) is 5.82 Å². The number of rotatable bonds is 5. The van der Waals surface area contributed by atoms with Crippen molar-refractivity contribution in [1.29, 1.82) is 0 Å². The minimum atomic E-state index is -4.72. The maximum absolute atomic E-state index is 12.9. The Morgan fingerprint density at radius 2 is 1.82 bits per heavy atom. The number of nitrogens with one attached hydrogen (secondary N) is 2. The molecule has 1 fully saturated rings. The van der Waals surface area contributed by atoms with Gasteiger partial charge in [0, 0.05) is 25.6 Å². The average Bonchev–Trinajstić information content (AvgIpc) is 3.38.